The molecule has 0 spiro atoms. The molecule has 0 unspecified atom stereocenters. The van der Waals surface area contributed by atoms with Crippen LogP contribution in [0.2, 0.25) is 0 Å². The summed E-state index contributed by atoms with van der Waals surface area (Å²) in [4.78, 5) is 13.5. The molecule has 0 aliphatic carbocycles. The summed E-state index contributed by atoms with van der Waals surface area (Å²) in [7, 11) is 2.17. The predicted molar refractivity (Wildman–Crippen MR) is 94.5 cm³/mol. The molecular formula is C18H26N6. The normalized spacial score (nSPS) is 17.3. The van der Waals surface area contributed by atoms with E-state index in [2.05, 4.69) is 64.3 Å². The van der Waals surface area contributed by atoms with Crippen molar-refractivity contribution in [1.29, 1.82) is 5.26 Å². The van der Waals surface area contributed by atoms with Gasteiger partial charge in [0, 0.05) is 56.5 Å². The molecule has 1 aliphatic rings. The molecule has 0 aromatic carbocycles. The molecule has 2 aromatic heterocycles. The fraction of sp³-hybridized carbons (Fsp3) is 0.611. The van der Waals surface area contributed by atoms with E-state index in [0.29, 0.717) is 0 Å². The Hall–Kier alpha value is -1.97. The van der Waals surface area contributed by atoms with Gasteiger partial charge in [0.15, 0.2) is 0 Å². The fourth-order valence-corrected chi connectivity index (χ4v) is 3.16. The lowest BCUT2D eigenvalue weighted by atomic mass is 9.97. The molecule has 24 heavy (non-hydrogen) atoms. The molecule has 1 aliphatic heterocycles. The Morgan fingerprint density at radius 1 is 1.21 bits per heavy atom. The second-order valence-corrected chi connectivity index (χ2v) is 7.95. The van der Waals surface area contributed by atoms with Gasteiger partial charge < -0.3 is 9.47 Å². The van der Waals surface area contributed by atoms with Crippen molar-refractivity contribution < 1.29 is 0 Å². The average Bonchev–Trinajstić information content (AvgIpc) is 2.85. The van der Waals surface area contributed by atoms with E-state index in [4.69, 9.17) is 5.26 Å². The maximum absolute atomic E-state index is 9.12. The average molecular weight is 326 g/mol. The Morgan fingerprint density at radius 2 is 1.92 bits per heavy atom. The van der Waals surface area contributed by atoms with E-state index in [9.17, 15) is 0 Å². The summed E-state index contributed by atoms with van der Waals surface area (Å²) in [6, 6.07) is 4.23. The van der Waals surface area contributed by atoms with Crippen molar-refractivity contribution in [3.8, 4) is 6.07 Å². The Bertz CT molecular complexity index is 756. The van der Waals surface area contributed by atoms with Gasteiger partial charge in [0.1, 0.15) is 11.7 Å². The molecule has 128 valence electrons. The Labute approximate surface area is 143 Å². The van der Waals surface area contributed by atoms with Crippen LogP contribution in [0.4, 0.5) is 0 Å². The highest BCUT2D eigenvalue weighted by molar-refractivity contribution is 5.77. The van der Waals surface area contributed by atoms with E-state index in [0.717, 1.165) is 50.3 Å². The van der Waals surface area contributed by atoms with Crippen LogP contribution in [0.25, 0.3) is 11.0 Å². The third kappa shape index (κ3) is 3.74. The minimum absolute atomic E-state index is 0.139. The zero-order valence-corrected chi connectivity index (χ0v) is 15.1. The van der Waals surface area contributed by atoms with Gasteiger partial charge in [-0.1, -0.05) is 20.8 Å². The number of likely N-dealkylation sites (N-methyl/N-ethyl adjacent to an activating group) is 1. The van der Waals surface area contributed by atoms with Gasteiger partial charge in [-0.15, -0.1) is 0 Å². The van der Waals surface area contributed by atoms with E-state index in [1.54, 1.807) is 6.20 Å². The highest BCUT2D eigenvalue weighted by Crippen LogP contribution is 2.25. The van der Waals surface area contributed by atoms with Crippen molar-refractivity contribution in [3.63, 3.8) is 0 Å². The summed E-state index contributed by atoms with van der Waals surface area (Å²) in [6.07, 6.45) is 1.77. The molecule has 0 amide bonds. The molecule has 0 N–H and O–H groups in total. The molecule has 0 saturated carbocycles. The van der Waals surface area contributed by atoms with Crippen LogP contribution in [0.5, 0.6) is 0 Å². The molecule has 0 atom stereocenters. The minimum atomic E-state index is 0.139. The quantitative estimate of drug-likeness (QED) is 0.864. The fourth-order valence-electron chi connectivity index (χ4n) is 3.16. The number of aromatic nitrogens is 3. The highest BCUT2D eigenvalue weighted by atomic mass is 15.3. The van der Waals surface area contributed by atoms with Gasteiger partial charge in [-0.3, -0.25) is 4.90 Å². The summed E-state index contributed by atoms with van der Waals surface area (Å²) in [5.74, 6) is 0.238. The number of piperazine rings is 1. The zero-order valence-electron chi connectivity index (χ0n) is 15.1. The molecule has 3 rings (SSSR count). The van der Waals surface area contributed by atoms with Gasteiger partial charge in [-0.25, -0.2) is 9.97 Å². The van der Waals surface area contributed by atoms with Gasteiger partial charge in [0.25, 0.3) is 0 Å². The third-order valence-electron chi connectivity index (χ3n) is 4.43. The second-order valence-electron chi connectivity index (χ2n) is 7.95. The molecule has 0 radical (unpaired) electrons. The first-order chi connectivity index (χ1) is 11.4. The van der Waals surface area contributed by atoms with Crippen LogP contribution in [0.3, 0.4) is 0 Å². The van der Waals surface area contributed by atoms with E-state index >= 15 is 0 Å². The zero-order chi connectivity index (χ0) is 17.3. The van der Waals surface area contributed by atoms with Crippen LogP contribution in [-0.4, -0.2) is 57.6 Å². The number of hydrogen-bond donors (Lipinski definition) is 0. The highest BCUT2D eigenvalue weighted by Gasteiger charge is 2.21. The number of nitrogens with zero attached hydrogens (tertiary/aromatic N) is 6. The van der Waals surface area contributed by atoms with Gasteiger partial charge in [0.05, 0.1) is 0 Å². The number of fused-ring (bicyclic) bond motifs is 1. The van der Waals surface area contributed by atoms with E-state index in [1.165, 1.54) is 5.69 Å². The molecule has 6 nitrogen and oxygen atoms in total. The Morgan fingerprint density at radius 3 is 2.54 bits per heavy atom. The summed E-state index contributed by atoms with van der Waals surface area (Å²) >= 11 is 0. The van der Waals surface area contributed by atoms with Gasteiger partial charge in [-0.05, 0) is 18.5 Å². The first-order valence-corrected chi connectivity index (χ1v) is 8.52. The third-order valence-corrected chi connectivity index (χ3v) is 4.43. The minimum Gasteiger partial charge on any atom is -0.328 e. The molecule has 1 saturated heterocycles. The van der Waals surface area contributed by atoms with Crippen LogP contribution >= 0.6 is 0 Å². The lowest BCUT2D eigenvalue weighted by Gasteiger charge is -2.33. The van der Waals surface area contributed by atoms with Crippen molar-refractivity contribution in [3.05, 3.63) is 23.8 Å². The molecular weight excluding hydrogens is 300 g/mol. The first kappa shape index (κ1) is 16.9. The second kappa shape index (κ2) is 6.50. The van der Waals surface area contributed by atoms with E-state index in [-0.39, 0.29) is 11.2 Å². The van der Waals surface area contributed by atoms with E-state index < -0.39 is 0 Å². The van der Waals surface area contributed by atoms with Crippen LogP contribution in [0.15, 0.2) is 12.3 Å². The SMILES string of the molecule is CN1CCN(Cc2cc3cnc(C#N)nc3n2CC(C)(C)C)CC1. The summed E-state index contributed by atoms with van der Waals surface area (Å²) < 4.78 is 2.27. The maximum atomic E-state index is 9.12. The smallest absolute Gasteiger partial charge is 0.234 e. The Kier molecular flexibility index (Phi) is 4.57. The van der Waals surface area contributed by atoms with Gasteiger partial charge in [-0.2, -0.15) is 5.26 Å². The molecule has 3 heterocycles. The molecule has 1 fully saturated rings. The van der Waals surface area contributed by atoms with E-state index in [1.807, 2.05) is 0 Å². The van der Waals surface area contributed by atoms with Crippen molar-refractivity contribution in [2.75, 3.05) is 33.2 Å². The van der Waals surface area contributed by atoms with Crippen molar-refractivity contribution in [2.24, 2.45) is 5.41 Å². The standard InChI is InChI=1S/C18H26N6/c1-18(2,3)13-24-15(12-23-7-5-22(4)6-8-23)9-14-11-20-16(10-19)21-17(14)24/h9,11H,5-8,12-13H2,1-4H3. The van der Waals surface area contributed by atoms with Crippen molar-refractivity contribution in [2.45, 2.75) is 33.9 Å². The first-order valence-electron chi connectivity index (χ1n) is 8.52. The van der Waals surface area contributed by atoms with Crippen LogP contribution in [-0.2, 0) is 13.1 Å². The van der Waals surface area contributed by atoms with Crippen LogP contribution in [0.1, 0.15) is 32.3 Å². The van der Waals surface area contributed by atoms with Gasteiger partial charge >= 0.3 is 0 Å². The van der Waals surface area contributed by atoms with Crippen LogP contribution < -0.4 is 0 Å². The number of nitriles is 1. The monoisotopic (exact) mass is 326 g/mol. The lowest BCUT2D eigenvalue weighted by molar-refractivity contribution is 0.145. The van der Waals surface area contributed by atoms with Crippen molar-refractivity contribution >= 4 is 11.0 Å². The lowest BCUT2D eigenvalue weighted by Crippen LogP contribution is -2.44. The van der Waals surface area contributed by atoms with Crippen molar-refractivity contribution in [1.82, 2.24) is 24.3 Å². The summed E-state index contributed by atoms with van der Waals surface area (Å²) in [5.41, 5.74) is 2.27. The summed E-state index contributed by atoms with van der Waals surface area (Å²) in [5, 5.41) is 10.1. The number of hydrogen-bond acceptors (Lipinski definition) is 5. The molecule has 6 heteroatoms. The maximum Gasteiger partial charge on any atom is 0.234 e. The molecule has 0 bridgehead atoms. The predicted octanol–water partition coefficient (Wildman–Crippen LogP) is 2.10. The largest absolute Gasteiger partial charge is 0.328 e. The van der Waals surface area contributed by atoms with Crippen LogP contribution in [0, 0.1) is 16.7 Å². The molecule has 2 aromatic rings. The van der Waals surface area contributed by atoms with Gasteiger partial charge in [0.2, 0.25) is 5.82 Å². The topological polar surface area (TPSA) is 61.0 Å². The Balaban J connectivity index is 1.96. The summed E-state index contributed by atoms with van der Waals surface area (Å²) in [6.45, 7) is 12.9. The number of rotatable bonds is 3.